The molecule has 0 spiro atoms. The Morgan fingerprint density at radius 1 is 1.06 bits per heavy atom. The summed E-state index contributed by atoms with van der Waals surface area (Å²) >= 11 is 0. The molecule has 0 radical (unpaired) electrons. The molecule has 2 heterocycles. The lowest BCUT2D eigenvalue weighted by Gasteiger charge is -2.45. The van der Waals surface area contributed by atoms with Gasteiger partial charge in [0.1, 0.15) is 6.42 Å². The number of nitrogens with zero attached hydrogens (tertiary/aromatic N) is 3. The minimum absolute atomic E-state index is 0.112. The highest BCUT2D eigenvalue weighted by Gasteiger charge is 2.67. The lowest BCUT2D eigenvalue weighted by atomic mass is 10.1. The van der Waals surface area contributed by atoms with Gasteiger partial charge in [-0.2, -0.15) is 0 Å². The zero-order valence-corrected chi connectivity index (χ0v) is 11.8. The highest BCUT2D eigenvalue weighted by Crippen LogP contribution is 2.38. The maximum Gasteiger partial charge on any atom is 0.419 e. The average Bonchev–Trinajstić information content (AvgIpc) is 2.55. The molecule has 1 unspecified atom stereocenters. The molecule has 0 aliphatic carbocycles. The van der Waals surface area contributed by atoms with Gasteiger partial charge in [0.25, 0.3) is 0 Å². The van der Waals surface area contributed by atoms with Crippen molar-refractivity contribution in [3.05, 3.63) is 30.6 Å². The number of aromatic nitrogens is 1. The van der Waals surface area contributed by atoms with Crippen molar-refractivity contribution in [2.45, 2.75) is 18.6 Å². The topological polar surface area (TPSA) is 3.88 Å². The Bertz CT molecular complexity index is 392. The van der Waals surface area contributed by atoms with Crippen molar-refractivity contribution < 1.29 is 13.5 Å². The van der Waals surface area contributed by atoms with Gasteiger partial charge < -0.3 is 0 Å². The quantitative estimate of drug-likeness (QED) is 0.536. The van der Waals surface area contributed by atoms with Crippen LogP contribution >= 0.6 is 0 Å². The van der Waals surface area contributed by atoms with Crippen LogP contribution in [0.25, 0.3) is 0 Å². The molecule has 1 fully saturated rings. The molecule has 1 saturated heterocycles. The molecule has 1 aromatic heterocycles. The van der Waals surface area contributed by atoms with Gasteiger partial charge >= 0.3 is 5.79 Å². The van der Waals surface area contributed by atoms with E-state index in [-0.39, 0.29) is 5.79 Å². The number of hydrogen-bond acceptors (Lipinski definition) is 0. The molecule has 0 amide bonds. The lowest BCUT2D eigenvalue weighted by Crippen LogP contribution is -2.80. The van der Waals surface area contributed by atoms with Crippen LogP contribution in [0, 0.1) is 0 Å². The van der Waals surface area contributed by atoms with Crippen LogP contribution in [0.3, 0.4) is 0 Å². The third kappa shape index (κ3) is 1.69. The van der Waals surface area contributed by atoms with Gasteiger partial charge in [-0.3, -0.25) is 0 Å². The number of likely N-dealkylation sites (tertiary alicyclic amines) is 1. The van der Waals surface area contributed by atoms with E-state index in [0.717, 1.165) is 8.97 Å². The fourth-order valence-electron chi connectivity index (χ4n) is 3.77. The Morgan fingerprint density at radius 2 is 1.65 bits per heavy atom. The molecule has 3 nitrogen and oxygen atoms in total. The molecule has 1 aliphatic rings. The number of hydrogen-bond donors (Lipinski definition) is 0. The molecule has 2 rings (SSSR count). The summed E-state index contributed by atoms with van der Waals surface area (Å²) in [6.45, 7) is 1.25. The highest BCUT2D eigenvalue weighted by molar-refractivity contribution is 4.84. The predicted molar refractivity (Wildman–Crippen MR) is 68.9 cm³/mol. The maximum absolute atomic E-state index is 2.42. The molecule has 1 aliphatic heterocycles. The second-order valence-electron chi connectivity index (χ2n) is 6.58. The van der Waals surface area contributed by atoms with E-state index < -0.39 is 0 Å². The lowest BCUT2D eigenvalue weighted by molar-refractivity contribution is -1.27. The Hall–Kier alpha value is -0.930. The van der Waals surface area contributed by atoms with E-state index in [2.05, 4.69) is 70.4 Å². The van der Waals surface area contributed by atoms with E-state index in [1.807, 2.05) is 0 Å². The van der Waals surface area contributed by atoms with Crippen LogP contribution in [0.5, 0.6) is 0 Å². The summed E-state index contributed by atoms with van der Waals surface area (Å²) in [6.07, 6.45) is 6.96. The second kappa shape index (κ2) is 3.79. The van der Waals surface area contributed by atoms with Gasteiger partial charge in [-0.25, -0.2) is 8.97 Å². The van der Waals surface area contributed by atoms with Crippen LogP contribution in [0.1, 0.15) is 12.8 Å². The molecule has 0 aromatic carbocycles. The predicted octanol–water partition coefficient (Wildman–Crippen LogP) is 1.16. The molecule has 0 N–H and O–H groups in total. The van der Waals surface area contributed by atoms with Gasteiger partial charge in [-0.05, 0) is 0 Å². The molecular weight excluding hydrogens is 210 g/mol. The van der Waals surface area contributed by atoms with Crippen LogP contribution in [0.15, 0.2) is 30.6 Å². The van der Waals surface area contributed by atoms with Crippen molar-refractivity contribution in [3.8, 4) is 0 Å². The number of rotatable bonds is 2. The molecule has 0 saturated carbocycles. The first-order valence-electron chi connectivity index (χ1n) is 6.43. The van der Waals surface area contributed by atoms with Gasteiger partial charge in [0.2, 0.25) is 0 Å². The van der Waals surface area contributed by atoms with Crippen LogP contribution in [0.2, 0.25) is 0 Å². The Labute approximate surface area is 105 Å². The molecule has 17 heavy (non-hydrogen) atoms. The summed E-state index contributed by atoms with van der Waals surface area (Å²) in [7, 11) is 11.6. The summed E-state index contributed by atoms with van der Waals surface area (Å²) in [5.41, 5.74) is 0. The van der Waals surface area contributed by atoms with Crippen molar-refractivity contribution in [2.24, 2.45) is 0 Å². The van der Waals surface area contributed by atoms with E-state index in [0.29, 0.717) is 0 Å². The van der Waals surface area contributed by atoms with Crippen molar-refractivity contribution >= 4 is 0 Å². The maximum atomic E-state index is 2.42. The van der Waals surface area contributed by atoms with Crippen molar-refractivity contribution in [1.29, 1.82) is 0 Å². The third-order valence-corrected chi connectivity index (χ3v) is 4.40. The van der Waals surface area contributed by atoms with Gasteiger partial charge in [-0.15, -0.1) is 0 Å². The van der Waals surface area contributed by atoms with Crippen molar-refractivity contribution in [2.75, 3.05) is 41.8 Å². The minimum atomic E-state index is 0.112. The molecular formula is C14H26N3+3. The van der Waals surface area contributed by atoms with Crippen molar-refractivity contribution in [3.63, 3.8) is 0 Å². The third-order valence-electron chi connectivity index (χ3n) is 4.40. The first kappa shape index (κ1) is 12.5. The van der Waals surface area contributed by atoms with E-state index in [4.69, 9.17) is 0 Å². The fraction of sp³-hybridized carbons (Fsp3) is 0.643. The second-order valence-corrected chi connectivity index (χ2v) is 6.58. The van der Waals surface area contributed by atoms with Gasteiger partial charge in [0.05, 0.1) is 41.8 Å². The smallest absolute Gasteiger partial charge is 0.220 e. The fourth-order valence-corrected chi connectivity index (χ4v) is 3.77. The first-order chi connectivity index (χ1) is 7.81. The average molecular weight is 236 g/mol. The SMILES string of the molecule is C[N+](C)(C)C1([n+]2ccccc2)CCC[N+]1(C)C. The zero-order valence-electron chi connectivity index (χ0n) is 11.8. The first-order valence-corrected chi connectivity index (χ1v) is 6.43. The molecule has 1 aromatic rings. The standard InChI is InChI=1S/C14H26N3/c1-16(2,3)14(10-9-13-17(14,4)5)15-11-7-6-8-12-15/h6-8,11-12H,9-10,13H2,1-5H3/q+3. The van der Waals surface area contributed by atoms with Gasteiger partial charge in [-0.1, -0.05) is 10.6 Å². The summed E-state index contributed by atoms with van der Waals surface area (Å²) < 4.78 is 4.42. The zero-order chi connectivity index (χ0) is 12.7. The Balaban J connectivity index is 2.61. The van der Waals surface area contributed by atoms with E-state index >= 15 is 0 Å². The minimum Gasteiger partial charge on any atom is -0.220 e. The van der Waals surface area contributed by atoms with E-state index in [9.17, 15) is 0 Å². The summed E-state index contributed by atoms with van der Waals surface area (Å²) in [5.74, 6) is 0.112. The van der Waals surface area contributed by atoms with Crippen LogP contribution in [-0.2, 0) is 5.79 Å². The highest BCUT2D eigenvalue weighted by atomic mass is 15.7. The van der Waals surface area contributed by atoms with Crippen LogP contribution in [0.4, 0.5) is 0 Å². The van der Waals surface area contributed by atoms with Crippen LogP contribution in [-0.4, -0.2) is 50.7 Å². The van der Waals surface area contributed by atoms with Crippen molar-refractivity contribution in [1.82, 2.24) is 0 Å². The molecule has 1 atom stereocenters. The van der Waals surface area contributed by atoms with Gasteiger partial charge in [0, 0.05) is 18.6 Å². The monoisotopic (exact) mass is 236 g/mol. The summed E-state index contributed by atoms with van der Waals surface area (Å²) in [4.78, 5) is 0. The summed E-state index contributed by atoms with van der Waals surface area (Å²) in [5, 5.41) is 0. The molecule has 94 valence electrons. The number of quaternary nitrogens is 2. The molecule has 3 heteroatoms. The Morgan fingerprint density at radius 3 is 2.06 bits per heavy atom. The molecule has 0 bridgehead atoms. The summed E-state index contributed by atoms with van der Waals surface area (Å²) in [6, 6.07) is 6.36. The van der Waals surface area contributed by atoms with Crippen LogP contribution < -0.4 is 4.57 Å². The van der Waals surface area contributed by atoms with E-state index in [1.54, 1.807) is 0 Å². The normalized spacial score (nSPS) is 28.3. The van der Waals surface area contributed by atoms with E-state index in [1.165, 1.54) is 19.4 Å². The van der Waals surface area contributed by atoms with Gasteiger partial charge in [0.15, 0.2) is 12.4 Å². The number of pyridine rings is 1. The Kier molecular flexibility index (Phi) is 2.79. The largest absolute Gasteiger partial charge is 0.419 e.